The van der Waals surface area contributed by atoms with Crippen LogP contribution in [0.15, 0.2) is 22.7 Å². The molecule has 4 heteroatoms. The molecule has 0 unspecified atom stereocenters. The number of ether oxygens (including phenoxy) is 1. The summed E-state index contributed by atoms with van der Waals surface area (Å²) in [5.74, 6) is 0. The molecule has 0 atom stereocenters. The van der Waals surface area contributed by atoms with E-state index in [9.17, 15) is 0 Å². The number of anilines is 1. The van der Waals surface area contributed by atoms with Crippen LogP contribution in [0, 0.1) is 0 Å². The summed E-state index contributed by atoms with van der Waals surface area (Å²) < 4.78 is 6.24. The molecule has 0 amide bonds. The molecule has 1 aromatic carbocycles. The van der Waals surface area contributed by atoms with Crippen molar-refractivity contribution < 1.29 is 4.74 Å². The van der Waals surface area contributed by atoms with E-state index in [0.29, 0.717) is 6.04 Å². The number of nitrogens with one attached hydrogen (secondary N) is 1. The van der Waals surface area contributed by atoms with Crippen molar-refractivity contribution in [3.8, 4) is 0 Å². The van der Waals surface area contributed by atoms with Crippen LogP contribution in [-0.4, -0.2) is 19.3 Å². The van der Waals surface area contributed by atoms with Gasteiger partial charge in [0, 0.05) is 29.4 Å². The molecule has 0 spiro atoms. The molecule has 1 heterocycles. The number of rotatable bonds is 2. The van der Waals surface area contributed by atoms with Crippen LogP contribution in [0.25, 0.3) is 0 Å². The Balaban J connectivity index is 2.00. The fourth-order valence-electron chi connectivity index (χ4n) is 1.66. The van der Waals surface area contributed by atoms with Gasteiger partial charge in [-0.05, 0) is 47.0 Å². The van der Waals surface area contributed by atoms with Crippen LogP contribution in [0.3, 0.4) is 0 Å². The van der Waals surface area contributed by atoms with Crippen LogP contribution < -0.4 is 5.32 Å². The molecule has 1 fully saturated rings. The topological polar surface area (TPSA) is 21.3 Å². The van der Waals surface area contributed by atoms with E-state index in [4.69, 9.17) is 16.3 Å². The van der Waals surface area contributed by atoms with Crippen LogP contribution in [0.1, 0.15) is 12.8 Å². The van der Waals surface area contributed by atoms with Crippen molar-refractivity contribution in [2.24, 2.45) is 0 Å². The summed E-state index contributed by atoms with van der Waals surface area (Å²) in [5.41, 5.74) is 1.11. The highest BCUT2D eigenvalue weighted by Crippen LogP contribution is 2.26. The first-order chi connectivity index (χ1) is 7.25. The maximum absolute atomic E-state index is 5.93. The van der Waals surface area contributed by atoms with E-state index in [0.717, 1.165) is 41.2 Å². The van der Waals surface area contributed by atoms with Crippen LogP contribution in [0.5, 0.6) is 0 Å². The summed E-state index contributed by atoms with van der Waals surface area (Å²) in [6.45, 7) is 1.71. The average molecular weight is 291 g/mol. The molecular weight excluding hydrogens is 277 g/mol. The quantitative estimate of drug-likeness (QED) is 0.897. The summed E-state index contributed by atoms with van der Waals surface area (Å²) >= 11 is 9.34. The molecule has 0 bridgehead atoms. The van der Waals surface area contributed by atoms with Gasteiger partial charge in [0.1, 0.15) is 0 Å². The third-order valence-electron chi connectivity index (χ3n) is 2.51. The lowest BCUT2D eigenvalue weighted by Crippen LogP contribution is -2.27. The van der Waals surface area contributed by atoms with Gasteiger partial charge < -0.3 is 10.1 Å². The summed E-state index contributed by atoms with van der Waals surface area (Å²) in [4.78, 5) is 0. The highest BCUT2D eigenvalue weighted by molar-refractivity contribution is 9.10. The van der Waals surface area contributed by atoms with Gasteiger partial charge in [0.2, 0.25) is 0 Å². The average Bonchev–Trinajstić information content (AvgIpc) is 2.25. The number of halogens is 2. The maximum Gasteiger partial charge on any atom is 0.0549 e. The van der Waals surface area contributed by atoms with Gasteiger partial charge in [-0.1, -0.05) is 11.6 Å². The minimum Gasteiger partial charge on any atom is -0.382 e. The molecule has 82 valence electrons. The molecule has 1 aliphatic rings. The van der Waals surface area contributed by atoms with Crippen LogP contribution in [0.2, 0.25) is 5.02 Å². The van der Waals surface area contributed by atoms with Crippen LogP contribution >= 0.6 is 27.5 Å². The van der Waals surface area contributed by atoms with Gasteiger partial charge in [0.25, 0.3) is 0 Å². The van der Waals surface area contributed by atoms with E-state index in [2.05, 4.69) is 21.2 Å². The summed E-state index contributed by atoms with van der Waals surface area (Å²) in [7, 11) is 0. The van der Waals surface area contributed by atoms with Crippen molar-refractivity contribution in [3.63, 3.8) is 0 Å². The zero-order valence-electron chi connectivity index (χ0n) is 8.30. The Bertz CT molecular complexity index is 339. The van der Waals surface area contributed by atoms with E-state index in [1.54, 1.807) is 0 Å². The number of benzene rings is 1. The second-order valence-corrected chi connectivity index (χ2v) is 4.92. The lowest BCUT2D eigenvalue weighted by molar-refractivity contribution is 0.0904. The lowest BCUT2D eigenvalue weighted by Gasteiger charge is -2.24. The summed E-state index contributed by atoms with van der Waals surface area (Å²) in [6.07, 6.45) is 2.14. The van der Waals surface area contributed by atoms with E-state index in [1.807, 2.05) is 18.2 Å². The Morgan fingerprint density at radius 3 is 2.73 bits per heavy atom. The Labute approximate surface area is 103 Å². The first-order valence-corrected chi connectivity index (χ1v) is 6.22. The third kappa shape index (κ3) is 3.10. The van der Waals surface area contributed by atoms with Gasteiger partial charge in [-0.3, -0.25) is 0 Å². The van der Waals surface area contributed by atoms with Crippen LogP contribution in [-0.2, 0) is 4.74 Å². The minimum absolute atomic E-state index is 0.520. The zero-order valence-corrected chi connectivity index (χ0v) is 10.6. The second kappa shape index (κ2) is 5.19. The molecule has 2 rings (SSSR count). The van der Waals surface area contributed by atoms with Crippen LogP contribution in [0.4, 0.5) is 5.69 Å². The SMILES string of the molecule is Clc1ccc(NC2CCOCC2)cc1Br. The van der Waals surface area contributed by atoms with Crippen molar-refractivity contribution >= 4 is 33.2 Å². The predicted molar refractivity (Wildman–Crippen MR) is 66.6 cm³/mol. The van der Waals surface area contributed by atoms with Gasteiger partial charge in [-0.2, -0.15) is 0 Å². The largest absolute Gasteiger partial charge is 0.382 e. The Kier molecular flexibility index (Phi) is 3.89. The Morgan fingerprint density at radius 1 is 1.33 bits per heavy atom. The van der Waals surface area contributed by atoms with Crippen molar-refractivity contribution in [1.82, 2.24) is 0 Å². The van der Waals surface area contributed by atoms with Gasteiger partial charge >= 0.3 is 0 Å². The first-order valence-electron chi connectivity index (χ1n) is 5.05. The molecule has 0 saturated carbocycles. The van der Waals surface area contributed by atoms with Gasteiger partial charge in [0.15, 0.2) is 0 Å². The Morgan fingerprint density at radius 2 is 2.07 bits per heavy atom. The van der Waals surface area contributed by atoms with Gasteiger partial charge in [-0.15, -0.1) is 0 Å². The van der Waals surface area contributed by atoms with Gasteiger partial charge in [-0.25, -0.2) is 0 Å². The molecule has 0 radical (unpaired) electrons. The second-order valence-electron chi connectivity index (χ2n) is 3.66. The van der Waals surface area contributed by atoms with E-state index in [-0.39, 0.29) is 0 Å². The van der Waals surface area contributed by atoms with Gasteiger partial charge in [0.05, 0.1) is 5.02 Å². The maximum atomic E-state index is 5.93. The highest BCUT2D eigenvalue weighted by Gasteiger charge is 2.13. The molecule has 1 saturated heterocycles. The van der Waals surface area contributed by atoms with E-state index >= 15 is 0 Å². The standard InChI is InChI=1S/C11H13BrClNO/c12-10-7-9(1-2-11(10)13)14-8-3-5-15-6-4-8/h1-2,7-8,14H,3-6H2. The van der Waals surface area contributed by atoms with E-state index in [1.165, 1.54) is 0 Å². The van der Waals surface area contributed by atoms with E-state index < -0.39 is 0 Å². The van der Waals surface area contributed by atoms with Crippen molar-refractivity contribution in [3.05, 3.63) is 27.7 Å². The highest BCUT2D eigenvalue weighted by atomic mass is 79.9. The molecule has 0 aliphatic carbocycles. The van der Waals surface area contributed by atoms with Crippen molar-refractivity contribution in [2.75, 3.05) is 18.5 Å². The summed E-state index contributed by atoms with van der Waals surface area (Å²) in [6, 6.07) is 6.43. The third-order valence-corrected chi connectivity index (χ3v) is 3.73. The lowest BCUT2D eigenvalue weighted by atomic mass is 10.1. The number of hydrogen-bond donors (Lipinski definition) is 1. The molecule has 1 aliphatic heterocycles. The van der Waals surface area contributed by atoms with Crippen molar-refractivity contribution in [1.29, 1.82) is 0 Å². The molecular formula is C11H13BrClNO. The molecule has 15 heavy (non-hydrogen) atoms. The fraction of sp³-hybridized carbons (Fsp3) is 0.455. The molecule has 2 nitrogen and oxygen atoms in total. The smallest absolute Gasteiger partial charge is 0.0549 e. The molecule has 1 N–H and O–H groups in total. The zero-order chi connectivity index (χ0) is 10.7. The molecule has 1 aromatic rings. The monoisotopic (exact) mass is 289 g/mol. The predicted octanol–water partition coefficient (Wildman–Crippen LogP) is 3.69. The van der Waals surface area contributed by atoms with Crippen molar-refractivity contribution in [2.45, 2.75) is 18.9 Å². The normalized spacial score (nSPS) is 17.7. The summed E-state index contributed by atoms with van der Waals surface area (Å²) in [5, 5.41) is 4.22. The Hall–Kier alpha value is -0.250. The number of hydrogen-bond acceptors (Lipinski definition) is 2. The first kappa shape index (κ1) is 11.2. The molecule has 0 aromatic heterocycles. The fourth-order valence-corrected chi connectivity index (χ4v) is 2.16. The minimum atomic E-state index is 0.520.